The van der Waals surface area contributed by atoms with Crippen LogP contribution in [0, 0.1) is 0 Å². The van der Waals surface area contributed by atoms with E-state index < -0.39 is 19.1 Å². The standard InChI is InChI=1S/C13H17F2NO2/c14-13(15,9-17)8-16-7-12-11-4-2-1-3-10(11)5-6-18-12/h1-4,12,16-17H,5-9H2. The average molecular weight is 257 g/mol. The number of halogens is 2. The van der Waals surface area contributed by atoms with Gasteiger partial charge in [-0.15, -0.1) is 0 Å². The fraction of sp³-hybridized carbons (Fsp3) is 0.538. The first-order valence-corrected chi connectivity index (χ1v) is 6.01. The van der Waals surface area contributed by atoms with Crippen molar-refractivity contribution in [2.45, 2.75) is 18.4 Å². The van der Waals surface area contributed by atoms with Crippen molar-refractivity contribution in [3.05, 3.63) is 35.4 Å². The third kappa shape index (κ3) is 3.25. The Hall–Kier alpha value is -1.04. The summed E-state index contributed by atoms with van der Waals surface area (Å²) in [5.74, 6) is -3.08. The van der Waals surface area contributed by atoms with Crippen LogP contribution >= 0.6 is 0 Å². The molecule has 100 valence electrons. The van der Waals surface area contributed by atoms with E-state index in [0.717, 1.165) is 12.0 Å². The first-order chi connectivity index (χ1) is 8.62. The fourth-order valence-corrected chi connectivity index (χ4v) is 2.09. The number of nitrogens with one attached hydrogen (secondary N) is 1. The highest BCUT2D eigenvalue weighted by Crippen LogP contribution is 2.26. The Morgan fingerprint density at radius 3 is 2.94 bits per heavy atom. The zero-order chi connectivity index (χ0) is 13.0. The third-order valence-electron chi connectivity index (χ3n) is 3.04. The second-order valence-electron chi connectivity index (χ2n) is 4.45. The zero-order valence-electron chi connectivity index (χ0n) is 10.0. The van der Waals surface area contributed by atoms with E-state index in [1.165, 1.54) is 5.56 Å². The molecule has 1 aromatic carbocycles. The van der Waals surface area contributed by atoms with Crippen LogP contribution < -0.4 is 5.32 Å². The summed E-state index contributed by atoms with van der Waals surface area (Å²) in [5, 5.41) is 11.1. The van der Waals surface area contributed by atoms with Gasteiger partial charge in [-0.2, -0.15) is 0 Å². The first-order valence-electron chi connectivity index (χ1n) is 6.01. The lowest BCUT2D eigenvalue weighted by Crippen LogP contribution is -2.38. The average Bonchev–Trinajstić information content (AvgIpc) is 2.39. The highest BCUT2D eigenvalue weighted by atomic mass is 19.3. The second-order valence-corrected chi connectivity index (χ2v) is 4.45. The quantitative estimate of drug-likeness (QED) is 0.840. The fourth-order valence-electron chi connectivity index (χ4n) is 2.09. The number of ether oxygens (including phenoxy) is 1. The van der Waals surface area contributed by atoms with E-state index in [1.54, 1.807) is 0 Å². The Balaban J connectivity index is 1.92. The van der Waals surface area contributed by atoms with Gasteiger partial charge in [0, 0.05) is 6.54 Å². The molecule has 0 saturated heterocycles. The molecule has 3 nitrogen and oxygen atoms in total. The zero-order valence-corrected chi connectivity index (χ0v) is 10.0. The van der Waals surface area contributed by atoms with Crippen molar-refractivity contribution in [2.75, 3.05) is 26.3 Å². The van der Waals surface area contributed by atoms with Crippen LogP contribution in [0.5, 0.6) is 0 Å². The molecule has 2 N–H and O–H groups in total. The lowest BCUT2D eigenvalue weighted by atomic mass is 9.97. The summed E-state index contributed by atoms with van der Waals surface area (Å²) in [6, 6.07) is 7.88. The molecule has 0 aromatic heterocycles. The summed E-state index contributed by atoms with van der Waals surface area (Å²) in [4.78, 5) is 0. The Kier molecular flexibility index (Phi) is 4.27. The predicted molar refractivity (Wildman–Crippen MR) is 63.7 cm³/mol. The molecule has 1 atom stereocenters. The van der Waals surface area contributed by atoms with Crippen LogP contribution in [-0.4, -0.2) is 37.3 Å². The van der Waals surface area contributed by atoms with E-state index in [-0.39, 0.29) is 6.10 Å². The van der Waals surface area contributed by atoms with E-state index in [1.807, 2.05) is 24.3 Å². The molecule has 18 heavy (non-hydrogen) atoms. The monoisotopic (exact) mass is 257 g/mol. The minimum atomic E-state index is -3.08. The van der Waals surface area contributed by atoms with Gasteiger partial charge in [-0.1, -0.05) is 24.3 Å². The minimum absolute atomic E-state index is 0.190. The second kappa shape index (κ2) is 5.73. The summed E-state index contributed by atoms with van der Waals surface area (Å²) in [6.45, 7) is -0.736. The first kappa shape index (κ1) is 13.4. The minimum Gasteiger partial charge on any atom is -0.390 e. The van der Waals surface area contributed by atoms with Gasteiger partial charge in [0.2, 0.25) is 0 Å². The third-order valence-corrected chi connectivity index (χ3v) is 3.04. The molecule has 2 rings (SSSR count). The van der Waals surface area contributed by atoms with E-state index in [4.69, 9.17) is 9.84 Å². The topological polar surface area (TPSA) is 41.5 Å². The molecular weight excluding hydrogens is 240 g/mol. The Bertz CT molecular complexity index is 398. The smallest absolute Gasteiger partial charge is 0.282 e. The van der Waals surface area contributed by atoms with E-state index in [0.29, 0.717) is 13.2 Å². The molecule has 0 fully saturated rings. The molecule has 1 aliphatic rings. The molecule has 1 aromatic rings. The molecule has 5 heteroatoms. The van der Waals surface area contributed by atoms with Crippen LogP contribution in [0.15, 0.2) is 24.3 Å². The molecule has 0 bridgehead atoms. The SMILES string of the molecule is OCC(F)(F)CNCC1OCCc2ccccc21. The van der Waals surface area contributed by atoms with Crippen LogP contribution in [0.1, 0.15) is 17.2 Å². The van der Waals surface area contributed by atoms with Gasteiger partial charge in [0.15, 0.2) is 0 Å². The molecule has 0 aliphatic carbocycles. The van der Waals surface area contributed by atoms with Crippen LogP contribution in [0.4, 0.5) is 8.78 Å². The molecule has 0 saturated carbocycles. The lowest BCUT2D eigenvalue weighted by Gasteiger charge is -2.27. The number of alkyl halides is 2. The normalized spacial score (nSPS) is 19.6. The summed E-state index contributed by atoms with van der Waals surface area (Å²) < 4.78 is 31.3. The molecule has 0 amide bonds. The van der Waals surface area contributed by atoms with Crippen molar-refractivity contribution >= 4 is 0 Å². The van der Waals surface area contributed by atoms with Crippen molar-refractivity contribution in [3.8, 4) is 0 Å². The summed E-state index contributed by atoms with van der Waals surface area (Å²) in [7, 11) is 0. The molecule has 1 unspecified atom stereocenters. The van der Waals surface area contributed by atoms with Gasteiger partial charge in [0.1, 0.15) is 6.61 Å². The Morgan fingerprint density at radius 2 is 2.17 bits per heavy atom. The summed E-state index contributed by atoms with van der Waals surface area (Å²) >= 11 is 0. The number of hydrogen-bond donors (Lipinski definition) is 2. The summed E-state index contributed by atoms with van der Waals surface area (Å²) in [6.07, 6.45) is 0.670. The van der Waals surface area contributed by atoms with Crippen LogP contribution in [0.2, 0.25) is 0 Å². The van der Waals surface area contributed by atoms with Gasteiger partial charge in [0.05, 0.1) is 19.3 Å². The predicted octanol–water partition coefficient (Wildman–Crippen LogP) is 1.52. The Labute approximate surface area is 105 Å². The number of benzene rings is 1. The number of fused-ring (bicyclic) bond motifs is 1. The number of aliphatic hydroxyl groups excluding tert-OH is 1. The molecule has 1 heterocycles. The molecular formula is C13H17F2NO2. The molecule has 1 aliphatic heterocycles. The van der Waals surface area contributed by atoms with E-state index in [2.05, 4.69) is 5.32 Å². The van der Waals surface area contributed by atoms with Crippen molar-refractivity contribution in [1.29, 1.82) is 0 Å². The van der Waals surface area contributed by atoms with Gasteiger partial charge in [-0.25, -0.2) is 8.78 Å². The van der Waals surface area contributed by atoms with Crippen LogP contribution in [0.25, 0.3) is 0 Å². The van der Waals surface area contributed by atoms with Crippen molar-refractivity contribution < 1.29 is 18.6 Å². The van der Waals surface area contributed by atoms with Gasteiger partial charge in [-0.3, -0.25) is 0 Å². The van der Waals surface area contributed by atoms with Gasteiger partial charge < -0.3 is 15.2 Å². The highest BCUT2D eigenvalue weighted by Gasteiger charge is 2.28. The van der Waals surface area contributed by atoms with E-state index in [9.17, 15) is 8.78 Å². The van der Waals surface area contributed by atoms with Crippen molar-refractivity contribution in [2.24, 2.45) is 0 Å². The number of rotatable bonds is 5. The molecule has 0 spiro atoms. The van der Waals surface area contributed by atoms with Gasteiger partial charge in [-0.05, 0) is 17.5 Å². The summed E-state index contributed by atoms with van der Waals surface area (Å²) in [5.41, 5.74) is 2.27. The molecule has 0 radical (unpaired) electrons. The van der Waals surface area contributed by atoms with Crippen molar-refractivity contribution in [3.63, 3.8) is 0 Å². The lowest BCUT2D eigenvalue weighted by molar-refractivity contribution is -0.0507. The number of aliphatic hydroxyl groups is 1. The van der Waals surface area contributed by atoms with Crippen LogP contribution in [0.3, 0.4) is 0 Å². The van der Waals surface area contributed by atoms with E-state index >= 15 is 0 Å². The van der Waals surface area contributed by atoms with Gasteiger partial charge >= 0.3 is 0 Å². The largest absolute Gasteiger partial charge is 0.390 e. The van der Waals surface area contributed by atoms with Gasteiger partial charge in [0.25, 0.3) is 5.92 Å². The van der Waals surface area contributed by atoms with Crippen LogP contribution in [-0.2, 0) is 11.2 Å². The maximum atomic E-state index is 12.8. The maximum Gasteiger partial charge on any atom is 0.282 e. The number of hydrogen-bond acceptors (Lipinski definition) is 3. The maximum absolute atomic E-state index is 12.8. The Morgan fingerprint density at radius 1 is 1.39 bits per heavy atom. The van der Waals surface area contributed by atoms with Crippen molar-refractivity contribution in [1.82, 2.24) is 5.32 Å². The highest BCUT2D eigenvalue weighted by molar-refractivity contribution is 5.31.